The highest BCUT2D eigenvalue weighted by atomic mass is 79.9. The van der Waals surface area contributed by atoms with Crippen LogP contribution in [0.25, 0.3) is 11.1 Å². The third-order valence-electron chi connectivity index (χ3n) is 9.12. The Hall–Kier alpha value is -3.36. The van der Waals surface area contributed by atoms with Crippen molar-refractivity contribution in [2.24, 2.45) is 11.8 Å². The molecule has 0 unspecified atom stereocenters. The number of carbonyl (C=O) groups is 3. The van der Waals surface area contributed by atoms with Crippen LogP contribution in [-0.4, -0.2) is 58.3 Å². The number of alkyl halides is 2. The quantitative estimate of drug-likeness (QED) is 0.468. The molecule has 3 heterocycles. The van der Waals surface area contributed by atoms with E-state index in [0.717, 1.165) is 11.3 Å². The minimum atomic E-state index is -3.20. The Labute approximate surface area is 244 Å². The van der Waals surface area contributed by atoms with E-state index in [1.807, 2.05) is 6.07 Å². The number of fused-ring (bicyclic) bond motifs is 6. The van der Waals surface area contributed by atoms with E-state index in [0.29, 0.717) is 39.7 Å². The summed E-state index contributed by atoms with van der Waals surface area (Å²) in [6, 6.07) is 10.4. The molecule has 2 bridgehead atoms. The fourth-order valence-corrected chi connectivity index (χ4v) is 7.55. The van der Waals surface area contributed by atoms with E-state index in [9.17, 15) is 24.8 Å². The van der Waals surface area contributed by atoms with E-state index in [1.54, 1.807) is 42.5 Å². The Morgan fingerprint density at radius 3 is 2.66 bits per heavy atom. The summed E-state index contributed by atoms with van der Waals surface area (Å²) in [4.78, 5) is 41.7. The molecule has 2 aliphatic carbocycles. The van der Waals surface area contributed by atoms with Gasteiger partial charge in [-0.2, -0.15) is 5.26 Å². The Balaban J connectivity index is 1.36. The zero-order valence-electron chi connectivity index (χ0n) is 22.1. The molecule has 0 radical (unpaired) electrons. The molecule has 5 aliphatic rings. The number of aliphatic hydroxyl groups is 1. The zero-order chi connectivity index (χ0) is 29.1. The van der Waals surface area contributed by atoms with Crippen molar-refractivity contribution in [3.8, 4) is 17.2 Å². The molecule has 3 N–H and O–H groups in total. The first-order valence-corrected chi connectivity index (χ1v) is 14.7. The van der Waals surface area contributed by atoms with Gasteiger partial charge >= 0.3 is 0 Å². The van der Waals surface area contributed by atoms with Crippen LogP contribution in [0.4, 0.5) is 8.78 Å². The topological polar surface area (TPSA) is 123 Å². The van der Waals surface area contributed by atoms with Crippen LogP contribution in [0.5, 0.6) is 0 Å². The van der Waals surface area contributed by atoms with Gasteiger partial charge in [-0.3, -0.25) is 14.4 Å². The van der Waals surface area contributed by atoms with Crippen molar-refractivity contribution in [3.63, 3.8) is 0 Å². The third-order valence-corrected chi connectivity index (χ3v) is 9.61. The van der Waals surface area contributed by atoms with Crippen molar-refractivity contribution in [3.05, 3.63) is 58.1 Å². The fraction of sp³-hybridized carbons (Fsp3) is 0.467. The average Bonchev–Trinajstić information content (AvgIpc) is 3.21. The van der Waals surface area contributed by atoms with Crippen molar-refractivity contribution >= 4 is 33.7 Å². The second-order valence-electron chi connectivity index (χ2n) is 11.5. The van der Waals surface area contributed by atoms with Gasteiger partial charge in [0.25, 0.3) is 11.8 Å². The maximum atomic E-state index is 15.3. The number of benzene rings is 2. The molecule has 8 nitrogen and oxygen atoms in total. The van der Waals surface area contributed by atoms with Crippen molar-refractivity contribution < 1.29 is 28.3 Å². The monoisotopic (exact) mass is 626 g/mol. The van der Waals surface area contributed by atoms with Gasteiger partial charge in [0, 0.05) is 40.5 Å². The summed E-state index contributed by atoms with van der Waals surface area (Å²) in [5, 5.41) is 27.3. The molecule has 6 atom stereocenters. The minimum Gasteiger partial charge on any atom is -0.372 e. The van der Waals surface area contributed by atoms with E-state index >= 15 is 8.78 Å². The Morgan fingerprint density at radius 2 is 1.93 bits per heavy atom. The minimum absolute atomic E-state index is 0.0267. The predicted octanol–water partition coefficient (Wildman–Crippen LogP) is 3.60. The lowest BCUT2D eigenvalue weighted by atomic mass is 9.70. The maximum absolute atomic E-state index is 15.3. The second kappa shape index (κ2) is 10.2. The van der Waals surface area contributed by atoms with Gasteiger partial charge < -0.3 is 20.6 Å². The lowest BCUT2D eigenvalue weighted by Crippen LogP contribution is -2.70. The van der Waals surface area contributed by atoms with Gasteiger partial charge in [0.05, 0.1) is 12.0 Å². The molecule has 1 saturated carbocycles. The number of nitrogens with one attached hydrogen (secondary N) is 2. The molecule has 0 spiro atoms. The number of nitriles is 1. The molecular formula is C30H29BrF2N4O4. The molecular weight excluding hydrogens is 598 g/mol. The number of rotatable bonds is 5. The summed E-state index contributed by atoms with van der Waals surface area (Å²) < 4.78 is 31.2. The van der Waals surface area contributed by atoms with Gasteiger partial charge in [-0.05, 0) is 55.4 Å². The van der Waals surface area contributed by atoms with Gasteiger partial charge in [-0.25, -0.2) is 8.78 Å². The first-order valence-electron chi connectivity index (χ1n) is 13.9. The van der Waals surface area contributed by atoms with Crippen LogP contribution in [0.15, 0.2) is 46.9 Å². The lowest BCUT2D eigenvalue weighted by Gasteiger charge is -2.54. The number of carbonyl (C=O) groups excluding carboxylic acids is 3. The van der Waals surface area contributed by atoms with Crippen molar-refractivity contribution in [1.82, 2.24) is 15.5 Å². The molecule has 3 saturated heterocycles. The number of piperidine rings is 3. The van der Waals surface area contributed by atoms with Crippen LogP contribution in [0, 0.1) is 23.2 Å². The molecule has 11 heteroatoms. The molecule has 2 aromatic rings. The number of hydrogen-bond acceptors (Lipinski definition) is 5. The molecule has 3 amide bonds. The summed E-state index contributed by atoms with van der Waals surface area (Å²) in [6.45, 7) is 0.544. The third kappa shape index (κ3) is 4.43. The highest BCUT2D eigenvalue weighted by Gasteiger charge is 2.63. The SMILES string of the molecule is N#C[C@@H](C[C@@H]1CCCNC1=O)NC(=O)[C@H]1[C@@H]2CC[C@@H](CC2(F)F)N1C(=O)[C@@]1(O)c2ccccc2-c2ccc(Br)cc21. The van der Waals surface area contributed by atoms with Crippen LogP contribution in [0.1, 0.15) is 49.7 Å². The number of amides is 3. The van der Waals surface area contributed by atoms with E-state index in [-0.39, 0.29) is 25.2 Å². The van der Waals surface area contributed by atoms with Gasteiger partial charge in [-0.15, -0.1) is 0 Å². The molecule has 7 rings (SSSR count). The maximum Gasteiger partial charge on any atom is 0.264 e. The zero-order valence-corrected chi connectivity index (χ0v) is 23.7. The second-order valence-corrected chi connectivity index (χ2v) is 12.4. The van der Waals surface area contributed by atoms with E-state index in [4.69, 9.17) is 0 Å². The summed E-state index contributed by atoms with van der Waals surface area (Å²) in [7, 11) is 0. The average molecular weight is 627 g/mol. The van der Waals surface area contributed by atoms with Gasteiger partial charge in [-0.1, -0.05) is 46.3 Å². The van der Waals surface area contributed by atoms with Gasteiger partial charge in [0.15, 0.2) is 5.60 Å². The van der Waals surface area contributed by atoms with Crippen molar-refractivity contribution in [2.45, 2.75) is 68.2 Å². The number of nitrogens with zero attached hydrogens (tertiary/aromatic N) is 2. The van der Waals surface area contributed by atoms with Crippen molar-refractivity contribution in [2.75, 3.05) is 6.54 Å². The van der Waals surface area contributed by atoms with Crippen LogP contribution in [0.2, 0.25) is 0 Å². The first kappa shape index (κ1) is 27.8. The van der Waals surface area contributed by atoms with Crippen molar-refractivity contribution in [1.29, 1.82) is 5.26 Å². The number of hydrogen-bond donors (Lipinski definition) is 3. The van der Waals surface area contributed by atoms with Crippen LogP contribution in [0.3, 0.4) is 0 Å². The van der Waals surface area contributed by atoms with Crippen LogP contribution >= 0.6 is 15.9 Å². The lowest BCUT2D eigenvalue weighted by molar-refractivity contribution is -0.201. The molecule has 41 heavy (non-hydrogen) atoms. The summed E-state index contributed by atoms with van der Waals surface area (Å²) in [5.74, 6) is -7.09. The van der Waals surface area contributed by atoms with E-state index < -0.39 is 59.7 Å². The van der Waals surface area contributed by atoms with Crippen LogP contribution < -0.4 is 10.6 Å². The highest BCUT2D eigenvalue weighted by Crippen LogP contribution is 2.54. The van der Waals surface area contributed by atoms with E-state index in [1.165, 1.54) is 0 Å². The predicted molar refractivity (Wildman–Crippen MR) is 147 cm³/mol. The first-order chi connectivity index (χ1) is 19.6. The Kier molecular flexibility index (Phi) is 6.90. The molecule has 214 valence electrons. The molecule has 3 aliphatic heterocycles. The molecule has 2 aromatic carbocycles. The highest BCUT2D eigenvalue weighted by molar-refractivity contribution is 9.10. The Bertz CT molecular complexity index is 1480. The van der Waals surface area contributed by atoms with Gasteiger partial charge in [0.1, 0.15) is 12.1 Å². The molecule has 0 aromatic heterocycles. The van der Waals surface area contributed by atoms with Gasteiger partial charge in [0.2, 0.25) is 11.8 Å². The van der Waals surface area contributed by atoms with E-state index in [2.05, 4.69) is 26.6 Å². The standard InChI is InChI=1S/C30H29BrF2N4O4/c31-17-7-9-21-20-5-1-2-6-22(20)30(41,24(21)13-17)28(40)37-19-8-10-23(29(32,33)14-19)25(37)27(39)36-18(15-34)12-16-4-3-11-35-26(16)38/h1-2,5-7,9,13,16,18-19,23,25,41H,3-4,8,10-12,14H2,(H,35,38)(H,36,39)/t16-,18+,19-,23-,25+,30+/m0/s1. The largest absolute Gasteiger partial charge is 0.372 e. The van der Waals surface area contributed by atoms with Crippen LogP contribution in [-0.2, 0) is 20.0 Å². The smallest absolute Gasteiger partial charge is 0.264 e. The normalized spacial score (nSPS) is 30.0. The molecule has 4 fully saturated rings. The summed E-state index contributed by atoms with van der Waals surface area (Å²) in [6.07, 6.45) is 1.01. The summed E-state index contributed by atoms with van der Waals surface area (Å²) >= 11 is 3.41. The summed E-state index contributed by atoms with van der Waals surface area (Å²) in [5.41, 5.74) is -0.277. The number of halogens is 3. The Morgan fingerprint density at radius 1 is 1.17 bits per heavy atom. The fourth-order valence-electron chi connectivity index (χ4n) is 7.19.